The Balaban J connectivity index is 1.88. The van der Waals surface area contributed by atoms with Gasteiger partial charge in [0.15, 0.2) is 0 Å². The SMILES string of the molecule is CCCCCNCC1(c2ccc(Cl)cc2)CCC1. The van der Waals surface area contributed by atoms with Crippen molar-refractivity contribution in [3.05, 3.63) is 34.9 Å². The smallest absolute Gasteiger partial charge is 0.0406 e. The van der Waals surface area contributed by atoms with E-state index in [9.17, 15) is 0 Å². The van der Waals surface area contributed by atoms with Crippen LogP contribution in [0.25, 0.3) is 0 Å². The lowest BCUT2D eigenvalue weighted by Crippen LogP contribution is -2.44. The van der Waals surface area contributed by atoms with Crippen LogP contribution in [0.4, 0.5) is 0 Å². The summed E-state index contributed by atoms with van der Waals surface area (Å²) in [5.41, 5.74) is 1.85. The molecule has 1 nitrogen and oxygen atoms in total. The minimum Gasteiger partial charge on any atom is -0.316 e. The van der Waals surface area contributed by atoms with Crippen LogP contribution in [0.3, 0.4) is 0 Å². The van der Waals surface area contributed by atoms with Gasteiger partial charge < -0.3 is 5.32 Å². The molecule has 1 aliphatic rings. The van der Waals surface area contributed by atoms with Crippen molar-refractivity contribution in [3.63, 3.8) is 0 Å². The van der Waals surface area contributed by atoms with E-state index in [1.165, 1.54) is 44.1 Å². The molecule has 1 fully saturated rings. The van der Waals surface area contributed by atoms with Crippen LogP contribution in [-0.4, -0.2) is 13.1 Å². The molecule has 0 amide bonds. The van der Waals surface area contributed by atoms with E-state index in [1.54, 1.807) is 0 Å². The van der Waals surface area contributed by atoms with Crippen LogP contribution >= 0.6 is 11.6 Å². The normalized spacial score (nSPS) is 17.4. The minimum absolute atomic E-state index is 0.386. The fourth-order valence-corrected chi connectivity index (χ4v) is 2.93. The third-order valence-corrected chi connectivity index (χ3v) is 4.44. The second kappa shape index (κ2) is 6.58. The van der Waals surface area contributed by atoms with Crippen LogP contribution in [0.15, 0.2) is 24.3 Å². The lowest BCUT2D eigenvalue weighted by atomic mass is 9.64. The van der Waals surface area contributed by atoms with Crippen LogP contribution in [0.5, 0.6) is 0 Å². The van der Waals surface area contributed by atoms with Gasteiger partial charge in [-0.3, -0.25) is 0 Å². The van der Waals surface area contributed by atoms with Crippen molar-refractivity contribution >= 4 is 11.6 Å². The maximum Gasteiger partial charge on any atom is 0.0406 e. The molecule has 0 atom stereocenters. The van der Waals surface area contributed by atoms with Gasteiger partial charge in [-0.05, 0) is 43.5 Å². The van der Waals surface area contributed by atoms with Gasteiger partial charge in [-0.2, -0.15) is 0 Å². The summed E-state index contributed by atoms with van der Waals surface area (Å²) in [6.07, 6.45) is 7.92. The van der Waals surface area contributed by atoms with Gasteiger partial charge in [-0.1, -0.05) is 49.9 Å². The van der Waals surface area contributed by atoms with Crippen molar-refractivity contribution in [3.8, 4) is 0 Å². The predicted molar refractivity (Wildman–Crippen MR) is 79.4 cm³/mol. The lowest BCUT2D eigenvalue weighted by molar-refractivity contribution is 0.233. The molecule has 1 aromatic carbocycles. The highest BCUT2D eigenvalue weighted by Gasteiger charge is 2.37. The summed E-state index contributed by atoms with van der Waals surface area (Å²) in [7, 11) is 0. The molecule has 1 saturated carbocycles. The van der Waals surface area contributed by atoms with E-state index < -0.39 is 0 Å². The van der Waals surface area contributed by atoms with Gasteiger partial charge in [0.2, 0.25) is 0 Å². The molecule has 0 bridgehead atoms. The van der Waals surface area contributed by atoms with E-state index >= 15 is 0 Å². The van der Waals surface area contributed by atoms with Gasteiger partial charge in [-0.25, -0.2) is 0 Å². The predicted octanol–water partition coefficient (Wildman–Crippen LogP) is 4.54. The topological polar surface area (TPSA) is 12.0 Å². The number of nitrogens with one attached hydrogen (secondary N) is 1. The Morgan fingerprint density at radius 3 is 2.44 bits per heavy atom. The maximum absolute atomic E-state index is 5.97. The van der Waals surface area contributed by atoms with E-state index in [2.05, 4.69) is 24.4 Å². The van der Waals surface area contributed by atoms with Crippen LogP contribution in [0.2, 0.25) is 5.02 Å². The van der Waals surface area contributed by atoms with Gasteiger partial charge in [0.1, 0.15) is 0 Å². The van der Waals surface area contributed by atoms with Gasteiger partial charge in [0, 0.05) is 17.0 Å². The number of halogens is 1. The molecule has 0 saturated heterocycles. The number of benzene rings is 1. The van der Waals surface area contributed by atoms with E-state index in [0.717, 1.165) is 18.1 Å². The number of hydrogen-bond donors (Lipinski definition) is 1. The Morgan fingerprint density at radius 2 is 1.89 bits per heavy atom. The number of hydrogen-bond acceptors (Lipinski definition) is 1. The number of unbranched alkanes of at least 4 members (excludes halogenated alkanes) is 2. The third kappa shape index (κ3) is 3.27. The van der Waals surface area contributed by atoms with Crippen molar-refractivity contribution < 1.29 is 0 Å². The first kappa shape index (κ1) is 13.9. The molecule has 1 aromatic rings. The van der Waals surface area contributed by atoms with Crippen molar-refractivity contribution in [1.82, 2.24) is 5.32 Å². The average Bonchev–Trinajstić information content (AvgIpc) is 2.33. The van der Waals surface area contributed by atoms with Crippen molar-refractivity contribution in [2.45, 2.75) is 50.9 Å². The highest BCUT2D eigenvalue weighted by Crippen LogP contribution is 2.43. The fraction of sp³-hybridized carbons (Fsp3) is 0.625. The summed E-state index contributed by atoms with van der Waals surface area (Å²) in [6, 6.07) is 8.45. The molecule has 0 spiro atoms. The lowest BCUT2D eigenvalue weighted by Gasteiger charge is -2.43. The second-order valence-corrected chi connectivity index (χ2v) is 5.96. The second-order valence-electron chi connectivity index (χ2n) is 5.52. The van der Waals surface area contributed by atoms with Crippen LogP contribution in [0.1, 0.15) is 51.0 Å². The monoisotopic (exact) mass is 265 g/mol. The zero-order valence-corrected chi connectivity index (χ0v) is 12.1. The van der Waals surface area contributed by atoms with Gasteiger partial charge in [0.05, 0.1) is 0 Å². The molecule has 18 heavy (non-hydrogen) atoms. The highest BCUT2D eigenvalue weighted by atomic mass is 35.5. The van der Waals surface area contributed by atoms with Crippen LogP contribution in [0, 0.1) is 0 Å². The van der Waals surface area contributed by atoms with E-state index in [1.807, 2.05) is 12.1 Å². The average molecular weight is 266 g/mol. The molecule has 0 radical (unpaired) electrons. The molecular weight excluding hydrogens is 242 g/mol. The maximum atomic E-state index is 5.97. The first-order chi connectivity index (χ1) is 8.77. The molecule has 2 rings (SSSR count). The Labute approximate surface area is 116 Å². The molecule has 1 aliphatic carbocycles. The molecular formula is C16H24ClN. The van der Waals surface area contributed by atoms with Crippen LogP contribution in [-0.2, 0) is 5.41 Å². The Morgan fingerprint density at radius 1 is 1.17 bits per heavy atom. The molecule has 0 aromatic heterocycles. The fourth-order valence-electron chi connectivity index (χ4n) is 2.80. The van der Waals surface area contributed by atoms with Crippen LogP contribution < -0.4 is 5.32 Å². The molecule has 0 unspecified atom stereocenters. The highest BCUT2D eigenvalue weighted by molar-refractivity contribution is 6.30. The van der Waals surface area contributed by atoms with Gasteiger partial charge in [-0.15, -0.1) is 0 Å². The van der Waals surface area contributed by atoms with Gasteiger partial charge in [0.25, 0.3) is 0 Å². The standard InChI is InChI=1S/C16H24ClN/c1-2-3-4-12-18-13-16(10-5-11-16)14-6-8-15(17)9-7-14/h6-9,18H,2-5,10-13H2,1H3. The molecule has 2 heteroatoms. The van der Waals surface area contributed by atoms with Crippen molar-refractivity contribution in [1.29, 1.82) is 0 Å². The summed E-state index contributed by atoms with van der Waals surface area (Å²) in [5, 5.41) is 4.48. The summed E-state index contributed by atoms with van der Waals surface area (Å²) in [6.45, 7) is 4.53. The summed E-state index contributed by atoms with van der Waals surface area (Å²) >= 11 is 5.97. The molecule has 1 N–H and O–H groups in total. The first-order valence-electron chi connectivity index (χ1n) is 7.24. The molecule has 0 aliphatic heterocycles. The zero-order valence-electron chi connectivity index (χ0n) is 11.3. The summed E-state index contributed by atoms with van der Waals surface area (Å²) < 4.78 is 0. The zero-order chi connectivity index (χ0) is 12.8. The minimum atomic E-state index is 0.386. The third-order valence-electron chi connectivity index (χ3n) is 4.19. The quantitative estimate of drug-likeness (QED) is 0.714. The Hall–Kier alpha value is -0.530. The van der Waals surface area contributed by atoms with E-state index in [-0.39, 0.29) is 0 Å². The Kier molecular flexibility index (Phi) is 5.08. The van der Waals surface area contributed by atoms with Crippen molar-refractivity contribution in [2.75, 3.05) is 13.1 Å². The molecule has 100 valence electrons. The van der Waals surface area contributed by atoms with Gasteiger partial charge >= 0.3 is 0 Å². The summed E-state index contributed by atoms with van der Waals surface area (Å²) in [5.74, 6) is 0. The largest absolute Gasteiger partial charge is 0.316 e. The van der Waals surface area contributed by atoms with E-state index in [0.29, 0.717) is 5.41 Å². The number of rotatable bonds is 7. The summed E-state index contributed by atoms with van der Waals surface area (Å²) in [4.78, 5) is 0. The first-order valence-corrected chi connectivity index (χ1v) is 7.61. The van der Waals surface area contributed by atoms with Crippen molar-refractivity contribution in [2.24, 2.45) is 0 Å². The van der Waals surface area contributed by atoms with E-state index in [4.69, 9.17) is 11.6 Å². The molecule has 0 heterocycles. The Bertz CT molecular complexity index is 354.